The first-order chi connectivity index (χ1) is 6.77. The molecule has 0 aromatic rings. The van der Waals surface area contributed by atoms with Gasteiger partial charge in [-0.05, 0) is 18.8 Å². The Morgan fingerprint density at radius 1 is 1.14 bits per heavy atom. The van der Waals surface area contributed by atoms with Crippen molar-refractivity contribution in [2.75, 3.05) is 32.8 Å². The van der Waals surface area contributed by atoms with Crippen molar-refractivity contribution in [3.05, 3.63) is 0 Å². The maximum Gasteiger partial charge on any atom is 0.0558 e. The van der Waals surface area contributed by atoms with Crippen LogP contribution in [0.3, 0.4) is 0 Å². The maximum absolute atomic E-state index is 8.85. The van der Waals surface area contributed by atoms with Crippen LogP contribution in [0.4, 0.5) is 0 Å². The van der Waals surface area contributed by atoms with E-state index in [-0.39, 0.29) is 13.2 Å². The van der Waals surface area contributed by atoms with Gasteiger partial charge < -0.3 is 15.9 Å². The Hall–Kier alpha value is -0.160. The molecule has 0 saturated heterocycles. The van der Waals surface area contributed by atoms with E-state index < -0.39 is 0 Å². The van der Waals surface area contributed by atoms with Crippen molar-refractivity contribution in [2.24, 2.45) is 11.7 Å². The number of aliphatic hydroxyl groups excluding tert-OH is 2. The number of hydrogen-bond donors (Lipinski definition) is 3. The summed E-state index contributed by atoms with van der Waals surface area (Å²) >= 11 is 0. The lowest BCUT2D eigenvalue weighted by atomic mass is 10.0. The summed E-state index contributed by atoms with van der Waals surface area (Å²) in [6.45, 7) is 2.51. The van der Waals surface area contributed by atoms with Crippen LogP contribution >= 0.6 is 0 Å². The normalized spacial score (nSPS) is 27.4. The molecule has 1 aliphatic rings. The number of nitrogens with two attached hydrogens (primary N) is 1. The van der Waals surface area contributed by atoms with Crippen LogP contribution in [0.2, 0.25) is 0 Å². The third kappa shape index (κ3) is 3.53. The lowest BCUT2D eigenvalue weighted by molar-refractivity contribution is 0.142. The third-order valence-corrected chi connectivity index (χ3v) is 3.04. The SMILES string of the molecule is NC1CCCC1CN(CCO)CCO. The Balaban J connectivity index is 2.29. The number of aliphatic hydroxyl groups is 2. The summed E-state index contributed by atoms with van der Waals surface area (Å²) in [5.41, 5.74) is 5.97. The molecule has 0 radical (unpaired) electrons. The van der Waals surface area contributed by atoms with Crippen molar-refractivity contribution in [3.63, 3.8) is 0 Å². The molecule has 1 fully saturated rings. The standard InChI is InChI=1S/C10H22N2O2/c11-10-3-1-2-9(10)8-12(4-6-13)5-7-14/h9-10,13-14H,1-8,11H2. The van der Waals surface area contributed by atoms with Crippen molar-refractivity contribution in [1.82, 2.24) is 4.90 Å². The molecule has 1 saturated carbocycles. The molecule has 0 heterocycles. The van der Waals surface area contributed by atoms with Gasteiger partial charge in [-0.2, -0.15) is 0 Å². The number of hydrogen-bond acceptors (Lipinski definition) is 4. The average molecular weight is 202 g/mol. The molecule has 14 heavy (non-hydrogen) atoms. The minimum Gasteiger partial charge on any atom is -0.395 e. The van der Waals surface area contributed by atoms with E-state index >= 15 is 0 Å². The smallest absolute Gasteiger partial charge is 0.0558 e. The van der Waals surface area contributed by atoms with Gasteiger partial charge in [0.15, 0.2) is 0 Å². The molecule has 84 valence electrons. The van der Waals surface area contributed by atoms with E-state index in [0.29, 0.717) is 25.0 Å². The predicted octanol–water partition coefficient (Wildman–Crippen LogP) is -0.600. The van der Waals surface area contributed by atoms with Gasteiger partial charge in [0.05, 0.1) is 13.2 Å². The van der Waals surface area contributed by atoms with Crippen LogP contribution in [0.25, 0.3) is 0 Å². The van der Waals surface area contributed by atoms with Gasteiger partial charge in [0, 0.05) is 25.7 Å². The van der Waals surface area contributed by atoms with Crippen molar-refractivity contribution >= 4 is 0 Å². The Kier molecular flexibility index (Phi) is 5.40. The molecule has 4 heteroatoms. The quantitative estimate of drug-likeness (QED) is 0.538. The fraction of sp³-hybridized carbons (Fsp3) is 1.00. The highest BCUT2D eigenvalue weighted by Crippen LogP contribution is 2.24. The Morgan fingerprint density at radius 3 is 2.21 bits per heavy atom. The Bertz CT molecular complexity index is 149. The van der Waals surface area contributed by atoms with Crippen LogP contribution in [0.5, 0.6) is 0 Å². The molecule has 0 aliphatic heterocycles. The van der Waals surface area contributed by atoms with Crippen molar-refractivity contribution in [2.45, 2.75) is 25.3 Å². The van der Waals surface area contributed by atoms with Gasteiger partial charge in [0.1, 0.15) is 0 Å². The van der Waals surface area contributed by atoms with Crippen LogP contribution in [-0.4, -0.2) is 54.0 Å². The Morgan fingerprint density at radius 2 is 1.79 bits per heavy atom. The highest BCUT2D eigenvalue weighted by Gasteiger charge is 2.25. The summed E-state index contributed by atoms with van der Waals surface area (Å²) in [6, 6.07) is 0.315. The van der Waals surface area contributed by atoms with E-state index in [0.717, 1.165) is 13.0 Å². The second kappa shape index (κ2) is 6.35. The van der Waals surface area contributed by atoms with Gasteiger partial charge in [-0.25, -0.2) is 0 Å². The molecule has 1 rings (SSSR count). The average Bonchev–Trinajstić information content (AvgIpc) is 2.53. The van der Waals surface area contributed by atoms with Crippen LogP contribution in [-0.2, 0) is 0 Å². The van der Waals surface area contributed by atoms with Crippen molar-refractivity contribution < 1.29 is 10.2 Å². The molecule has 0 spiro atoms. The first kappa shape index (κ1) is 11.9. The van der Waals surface area contributed by atoms with Gasteiger partial charge in [-0.3, -0.25) is 4.90 Å². The maximum atomic E-state index is 8.85. The molecule has 2 atom stereocenters. The lowest BCUT2D eigenvalue weighted by Gasteiger charge is -2.25. The highest BCUT2D eigenvalue weighted by molar-refractivity contribution is 4.82. The van der Waals surface area contributed by atoms with Gasteiger partial charge in [-0.1, -0.05) is 6.42 Å². The van der Waals surface area contributed by atoms with Crippen molar-refractivity contribution in [3.8, 4) is 0 Å². The zero-order valence-corrected chi connectivity index (χ0v) is 8.73. The van der Waals surface area contributed by atoms with Gasteiger partial charge in [0.25, 0.3) is 0 Å². The second-order valence-electron chi connectivity index (χ2n) is 4.10. The molecule has 0 aromatic heterocycles. The van der Waals surface area contributed by atoms with E-state index in [1.54, 1.807) is 0 Å². The summed E-state index contributed by atoms with van der Waals surface area (Å²) in [5, 5.41) is 17.7. The molecule has 2 unspecified atom stereocenters. The zero-order chi connectivity index (χ0) is 10.4. The fourth-order valence-corrected chi connectivity index (χ4v) is 2.20. The molecular weight excluding hydrogens is 180 g/mol. The van der Waals surface area contributed by atoms with E-state index in [9.17, 15) is 0 Å². The van der Waals surface area contributed by atoms with Crippen LogP contribution < -0.4 is 5.73 Å². The van der Waals surface area contributed by atoms with Crippen molar-refractivity contribution in [1.29, 1.82) is 0 Å². The van der Waals surface area contributed by atoms with Gasteiger partial charge in [-0.15, -0.1) is 0 Å². The van der Waals surface area contributed by atoms with Gasteiger partial charge in [0.2, 0.25) is 0 Å². The Labute approximate surface area is 85.7 Å². The molecule has 0 bridgehead atoms. The fourth-order valence-electron chi connectivity index (χ4n) is 2.20. The van der Waals surface area contributed by atoms with E-state index in [2.05, 4.69) is 4.90 Å². The van der Waals surface area contributed by atoms with Crippen LogP contribution in [0, 0.1) is 5.92 Å². The summed E-state index contributed by atoms with van der Waals surface area (Å²) in [7, 11) is 0. The predicted molar refractivity (Wildman–Crippen MR) is 55.9 cm³/mol. The second-order valence-corrected chi connectivity index (χ2v) is 4.10. The molecular formula is C10H22N2O2. The molecule has 1 aliphatic carbocycles. The molecule has 0 aromatic carbocycles. The lowest BCUT2D eigenvalue weighted by Crippen LogP contribution is -2.39. The number of nitrogens with zero attached hydrogens (tertiary/aromatic N) is 1. The monoisotopic (exact) mass is 202 g/mol. The molecule has 4 N–H and O–H groups in total. The number of rotatable bonds is 6. The summed E-state index contributed by atoms with van der Waals surface area (Å²) in [5.74, 6) is 0.549. The van der Waals surface area contributed by atoms with Gasteiger partial charge >= 0.3 is 0 Å². The minimum atomic E-state index is 0.155. The largest absolute Gasteiger partial charge is 0.395 e. The summed E-state index contributed by atoms with van der Waals surface area (Å²) < 4.78 is 0. The third-order valence-electron chi connectivity index (χ3n) is 3.04. The topological polar surface area (TPSA) is 69.7 Å². The summed E-state index contributed by atoms with van der Waals surface area (Å²) in [6.07, 6.45) is 3.53. The molecule has 4 nitrogen and oxygen atoms in total. The van der Waals surface area contributed by atoms with E-state index in [4.69, 9.17) is 15.9 Å². The van der Waals surface area contributed by atoms with E-state index in [1.807, 2.05) is 0 Å². The zero-order valence-electron chi connectivity index (χ0n) is 8.73. The van der Waals surface area contributed by atoms with Crippen LogP contribution in [0.1, 0.15) is 19.3 Å². The first-order valence-corrected chi connectivity index (χ1v) is 5.47. The molecule has 0 amide bonds. The van der Waals surface area contributed by atoms with E-state index in [1.165, 1.54) is 12.8 Å². The highest BCUT2D eigenvalue weighted by atomic mass is 16.3. The minimum absolute atomic E-state index is 0.155. The van der Waals surface area contributed by atoms with Crippen LogP contribution in [0.15, 0.2) is 0 Å². The first-order valence-electron chi connectivity index (χ1n) is 5.47. The summed E-state index contributed by atoms with van der Waals surface area (Å²) in [4.78, 5) is 2.09.